The number of benzene rings is 2. The van der Waals surface area contributed by atoms with Crippen LogP contribution in [0.5, 0.6) is 11.6 Å². The number of rotatable bonds is 6. The lowest BCUT2D eigenvalue weighted by molar-refractivity contribution is 0.186. The standard InChI is InChI=1S/C32H30Cl2N6O2/c1-41-20-9-7-19(8-10-20)18-42-30-26-23(21-4-2-6-24(33)27(21)34)17-37-29(26)38-31(39-30)40-14-11-32(12-15-40)16-25-22(28(32)35)5-3-13-36-25/h2-10,13,17,28H,11-12,14-16,18,35H2,1H3,(H,37,38,39)/t28-/m1/s1. The first-order chi connectivity index (χ1) is 20.5. The van der Waals surface area contributed by atoms with E-state index in [-0.39, 0.29) is 11.5 Å². The Kier molecular flexibility index (Phi) is 6.92. The van der Waals surface area contributed by atoms with Gasteiger partial charge in [-0.2, -0.15) is 9.97 Å². The number of nitrogens with one attached hydrogen (secondary N) is 1. The van der Waals surface area contributed by atoms with Crippen molar-refractivity contribution in [3.8, 4) is 22.8 Å². The van der Waals surface area contributed by atoms with Crippen LogP contribution in [0.25, 0.3) is 22.2 Å². The number of aromatic amines is 1. The largest absolute Gasteiger partial charge is 0.497 e. The molecule has 1 aliphatic carbocycles. The second kappa shape index (κ2) is 10.8. The topological polar surface area (TPSA) is 102 Å². The molecule has 214 valence electrons. The maximum Gasteiger partial charge on any atom is 0.230 e. The Balaban J connectivity index is 1.22. The van der Waals surface area contributed by atoms with E-state index < -0.39 is 0 Å². The van der Waals surface area contributed by atoms with E-state index in [1.54, 1.807) is 13.2 Å². The number of anilines is 1. The van der Waals surface area contributed by atoms with Crippen molar-refractivity contribution >= 4 is 40.2 Å². The molecule has 42 heavy (non-hydrogen) atoms. The summed E-state index contributed by atoms with van der Waals surface area (Å²) in [6.45, 7) is 1.91. The van der Waals surface area contributed by atoms with Crippen molar-refractivity contribution in [1.29, 1.82) is 0 Å². The lowest BCUT2D eigenvalue weighted by atomic mass is 9.73. The van der Waals surface area contributed by atoms with Gasteiger partial charge in [0.2, 0.25) is 11.8 Å². The molecule has 1 spiro atoms. The Labute approximate surface area is 253 Å². The van der Waals surface area contributed by atoms with Gasteiger partial charge in [-0.3, -0.25) is 4.98 Å². The number of piperidine rings is 1. The molecule has 1 saturated heterocycles. The Morgan fingerprint density at radius 3 is 2.60 bits per heavy atom. The Hall–Kier alpha value is -3.85. The predicted molar refractivity (Wildman–Crippen MR) is 165 cm³/mol. The third-order valence-corrected chi connectivity index (χ3v) is 9.56. The smallest absolute Gasteiger partial charge is 0.230 e. The van der Waals surface area contributed by atoms with Crippen LogP contribution in [0, 0.1) is 5.41 Å². The van der Waals surface area contributed by atoms with Crippen LogP contribution in [0.4, 0.5) is 5.95 Å². The minimum absolute atomic E-state index is 0.00785. The maximum atomic E-state index is 6.79. The predicted octanol–water partition coefficient (Wildman–Crippen LogP) is 6.76. The van der Waals surface area contributed by atoms with Crippen LogP contribution < -0.4 is 20.1 Å². The number of H-pyrrole nitrogens is 1. The number of pyridine rings is 1. The molecule has 5 aromatic rings. The minimum Gasteiger partial charge on any atom is -0.497 e. The summed E-state index contributed by atoms with van der Waals surface area (Å²) in [5.74, 6) is 1.89. The number of ether oxygens (including phenoxy) is 2. The molecule has 1 fully saturated rings. The number of hydrogen-bond donors (Lipinski definition) is 2. The second-order valence-electron chi connectivity index (χ2n) is 11.0. The van der Waals surface area contributed by atoms with Crippen molar-refractivity contribution < 1.29 is 9.47 Å². The Morgan fingerprint density at radius 1 is 1.02 bits per heavy atom. The summed E-state index contributed by atoms with van der Waals surface area (Å²) >= 11 is 13.0. The maximum absolute atomic E-state index is 6.79. The first-order valence-corrected chi connectivity index (χ1v) is 14.7. The van der Waals surface area contributed by atoms with Gasteiger partial charge < -0.3 is 25.1 Å². The van der Waals surface area contributed by atoms with Crippen LogP contribution in [-0.2, 0) is 13.0 Å². The monoisotopic (exact) mass is 600 g/mol. The lowest BCUT2D eigenvalue weighted by Crippen LogP contribution is -2.44. The fourth-order valence-electron chi connectivity index (χ4n) is 6.33. The number of nitrogens with zero attached hydrogens (tertiary/aromatic N) is 4. The number of nitrogens with two attached hydrogens (primary N) is 1. The molecule has 4 heterocycles. The molecule has 3 N–H and O–H groups in total. The zero-order chi connectivity index (χ0) is 28.8. The highest BCUT2D eigenvalue weighted by Gasteiger charge is 2.46. The highest BCUT2D eigenvalue weighted by molar-refractivity contribution is 6.44. The van der Waals surface area contributed by atoms with Crippen molar-refractivity contribution in [1.82, 2.24) is 19.9 Å². The molecule has 0 bridgehead atoms. The molecule has 1 atom stereocenters. The van der Waals surface area contributed by atoms with Gasteiger partial charge in [0.1, 0.15) is 18.0 Å². The van der Waals surface area contributed by atoms with Crippen molar-refractivity contribution in [3.05, 3.63) is 93.9 Å². The van der Waals surface area contributed by atoms with Crippen molar-refractivity contribution in [2.24, 2.45) is 11.1 Å². The molecule has 0 amide bonds. The summed E-state index contributed by atoms with van der Waals surface area (Å²) in [4.78, 5) is 20.1. The molecule has 0 radical (unpaired) electrons. The first-order valence-electron chi connectivity index (χ1n) is 14.0. The summed E-state index contributed by atoms with van der Waals surface area (Å²) in [7, 11) is 1.65. The van der Waals surface area contributed by atoms with Crippen LogP contribution in [0.15, 0.2) is 67.0 Å². The van der Waals surface area contributed by atoms with Crippen molar-refractivity contribution in [2.75, 3.05) is 25.1 Å². The van der Waals surface area contributed by atoms with E-state index in [0.717, 1.165) is 65.9 Å². The van der Waals surface area contributed by atoms with Crippen LogP contribution in [0.3, 0.4) is 0 Å². The van der Waals surface area contributed by atoms with Gasteiger partial charge in [0.05, 0.1) is 22.5 Å². The summed E-state index contributed by atoms with van der Waals surface area (Å²) < 4.78 is 11.7. The van der Waals surface area contributed by atoms with Gasteiger partial charge in [0.25, 0.3) is 0 Å². The van der Waals surface area contributed by atoms with Gasteiger partial charge >= 0.3 is 0 Å². The number of aromatic nitrogens is 4. The van der Waals surface area contributed by atoms with E-state index in [0.29, 0.717) is 34.1 Å². The molecule has 2 aliphatic rings. The van der Waals surface area contributed by atoms with E-state index in [1.807, 2.05) is 54.9 Å². The van der Waals surface area contributed by atoms with Crippen LogP contribution in [0.1, 0.15) is 35.7 Å². The van der Waals surface area contributed by atoms with Gasteiger partial charge in [-0.1, -0.05) is 53.5 Å². The number of halogens is 2. The average molecular weight is 602 g/mol. The minimum atomic E-state index is -0.0106. The number of methoxy groups -OCH3 is 1. The van der Waals surface area contributed by atoms with Gasteiger partial charge in [-0.25, -0.2) is 0 Å². The second-order valence-corrected chi connectivity index (χ2v) is 11.8. The van der Waals surface area contributed by atoms with E-state index in [4.69, 9.17) is 48.4 Å². The van der Waals surface area contributed by atoms with E-state index in [2.05, 4.69) is 20.9 Å². The Morgan fingerprint density at radius 2 is 1.83 bits per heavy atom. The molecular formula is C32H30Cl2N6O2. The fraction of sp³-hybridized carbons (Fsp3) is 0.281. The van der Waals surface area contributed by atoms with Crippen molar-refractivity contribution in [2.45, 2.75) is 31.9 Å². The van der Waals surface area contributed by atoms with Crippen LogP contribution in [-0.4, -0.2) is 40.1 Å². The summed E-state index contributed by atoms with van der Waals surface area (Å²) in [5.41, 5.74) is 12.4. The first kappa shape index (κ1) is 27.0. The fourth-order valence-corrected chi connectivity index (χ4v) is 6.73. The van der Waals surface area contributed by atoms with Gasteiger partial charge in [-0.15, -0.1) is 0 Å². The highest BCUT2D eigenvalue weighted by Crippen LogP contribution is 2.50. The molecular weight excluding hydrogens is 571 g/mol. The molecule has 0 saturated carbocycles. The SMILES string of the molecule is COc1ccc(COc2nc(N3CCC4(CC3)Cc3ncccc3[C@H]4N)nc3[nH]cc(-c4cccc(Cl)c4Cl)c23)cc1. The summed E-state index contributed by atoms with van der Waals surface area (Å²) in [5, 5.41) is 1.70. The zero-order valence-electron chi connectivity index (χ0n) is 23.1. The molecule has 2 aromatic carbocycles. The molecule has 10 heteroatoms. The number of hydrogen-bond acceptors (Lipinski definition) is 7. The van der Waals surface area contributed by atoms with Crippen LogP contribution in [0.2, 0.25) is 10.0 Å². The molecule has 7 rings (SSSR count). The van der Waals surface area contributed by atoms with Gasteiger partial charge in [-0.05, 0) is 60.1 Å². The van der Waals surface area contributed by atoms with Crippen LogP contribution >= 0.6 is 23.2 Å². The average Bonchev–Trinajstić information content (AvgIpc) is 3.57. The molecule has 0 unspecified atom stereocenters. The van der Waals surface area contributed by atoms with Gasteiger partial charge in [0, 0.05) is 48.3 Å². The molecule has 1 aliphatic heterocycles. The molecule has 3 aromatic heterocycles. The summed E-state index contributed by atoms with van der Waals surface area (Å²) in [6.07, 6.45) is 6.52. The highest BCUT2D eigenvalue weighted by atomic mass is 35.5. The van der Waals surface area contributed by atoms with E-state index >= 15 is 0 Å². The zero-order valence-corrected chi connectivity index (χ0v) is 24.6. The quantitative estimate of drug-likeness (QED) is 0.222. The van der Waals surface area contributed by atoms with E-state index in [1.165, 1.54) is 5.56 Å². The third kappa shape index (κ3) is 4.64. The van der Waals surface area contributed by atoms with Gasteiger partial charge in [0.15, 0.2) is 0 Å². The Bertz CT molecular complexity index is 1770. The third-order valence-electron chi connectivity index (χ3n) is 8.74. The normalized spacial score (nSPS) is 17.5. The summed E-state index contributed by atoms with van der Waals surface area (Å²) in [6, 6.07) is 17.4. The molecule has 8 nitrogen and oxygen atoms in total. The van der Waals surface area contributed by atoms with E-state index in [9.17, 15) is 0 Å². The number of fused-ring (bicyclic) bond motifs is 2. The lowest BCUT2D eigenvalue weighted by Gasteiger charge is -2.42. The van der Waals surface area contributed by atoms with Crippen molar-refractivity contribution in [3.63, 3.8) is 0 Å².